The summed E-state index contributed by atoms with van der Waals surface area (Å²) >= 11 is 1.46. The molecule has 2 heterocycles. The molecule has 0 spiro atoms. The van der Waals surface area contributed by atoms with Gasteiger partial charge in [-0.25, -0.2) is 0 Å². The molecule has 0 unspecified atom stereocenters. The zero-order valence-electron chi connectivity index (χ0n) is 11.9. The van der Waals surface area contributed by atoms with Crippen molar-refractivity contribution in [2.75, 3.05) is 26.7 Å². The third kappa shape index (κ3) is 3.40. The summed E-state index contributed by atoms with van der Waals surface area (Å²) in [7, 11) is 1.73. The fourth-order valence-electron chi connectivity index (χ4n) is 2.29. The normalized spacial score (nSPS) is 15.8. The van der Waals surface area contributed by atoms with E-state index in [0.717, 1.165) is 41.2 Å². The number of carbonyl (C=O) groups is 1. The fourth-order valence-corrected chi connectivity index (χ4v) is 3.31. The Hall–Kier alpha value is -1.35. The standard InChI is InChI=1S/C15H20N2O2S/c1-11-10-14(20-13(11)4-3-7-16)15(18)17-8-5-12(19-2)6-9-17/h10,12H,5-9,16H2,1-2H3. The minimum Gasteiger partial charge on any atom is -0.381 e. The first-order valence-electron chi connectivity index (χ1n) is 6.77. The Labute approximate surface area is 123 Å². The quantitative estimate of drug-likeness (QED) is 0.843. The highest BCUT2D eigenvalue weighted by molar-refractivity contribution is 7.14. The molecule has 5 heteroatoms. The average molecular weight is 292 g/mol. The summed E-state index contributed by atoms with van der Waals surface area (Å²) in [5.41, 5.74) is 6.43. The van der Waals surface area contributed by atoms with E-state index in [2.05, 4.69) is 11.8 Å². The van der Waals surface area contributed by atoms with Crippen molar-refractivity contribution in [3.05, 3.63) is 21.4 Å². The maximum atomic E-state index is 12.5. The Bertz CT molecular complexity index is 534. The van der Waals surface area contributed by atoms with Gasteiger partial charge in [-0.15, -0.1) is 11.3 Å². The van der Waals surface area contributed by atoms with Gasteiger partial charge >= 0.3 is 0 Å². The Morgan fingerprint density at radius 2 is 2.25 bits per heavy atom. The molecule has 1 fully saturated rings. The Kier molecular flexibility index (Phi) is 5.18. The lowest BCUT2D eigenvalue weighted by molar-refractivity contribution is 0.0353. The van der Waals surface area contributed by atoms with Gasteiger partial charge in [0, 0.05) is 20.2 Å². The number of aryl methyl sites for hydroxylation is 1. The van der Waals surface area contributed by atoms with Crippen LogP contribution in [-0.2, 0) is 4.74 Å². The third-order valence-corrected chi connectivity index (χ3v) is 4.64. The number of nitrogens with two attached hydrogens (primary N) is 1. The van der Waals surface area contributed by atoms with Crippen LogP contribution in [0.3, 0.4) is 0 Å². The Balaban J connectivity index is 2.06. The van der Waals surface area contributed by atoms with Crippen LogP contribution in [-0.4, -0.2) is 43.7 Å². The summed E-state index contributed by atoms with van der Waals surface area (Å²) in [5.74, 6) is 5.96. The molecule has 1 aromatic rings. The molecule has 2 rings (SSSR count). The number of methoxy groups -OCH3 is 1. The number of hydrogen-bond acceptors (Lipinski definition) is 4. The average Bonchev–Trinajstić information content (AvgIpc) is 2.85. The van der Waals surface area contributed by atoms with Crippen LogP contribution in [0.1, 0.15) is 33.0 Å². The van der Waals surface area contributed by atoms with Gasteiger partial charge in [-0.05, 0) is 31.4 Å². The molecule has 20 heavy (non-hydrogen) atoms. The maximum Gasteiger partial charge on any atom is 0.263 e. The van der Waals surface area contributed by atoms with Gasteiger partial charge in [0.25, 0.3) is 5.91 Å². The predicted molar refractivity (Wildman–Crippen MR) is 80.9 cm³/mol. The first-order valence-corrected chi connectivity index (χ1v) is 7.58. The number of amides is 1. The second kappa shape index (κ2) is 6.89. The number of nitrogens with zero attached hydrogens (tertiary/aromatic N) is 1. The molecular weight excluding hydrogens is 272 g/mol. The van der Waals surface area contributed by atoms with Crippen LogP contribution in [0.2, 0.25) is 0 Å². The van der Waals surface area contributed by atoms with E-state index in [1.54, 1.807) is 7.11 Å². The van der Waals surface area contributed by atoms with Gasteiger partial charge in [0.2, 0.25) is 0 Å². The topological polar surface area (TPSA) is 55.6 Å². The molecule has 0 atom stereocenters. The number of thiophene rings is 1. The minimum absolute atomic E-state index is 0.105. The van der Waals surface area contributed by atoms with Gasteiger partial charge in [0.05, 0.1) is 22.4 Å². The summed E-state index contributed by atoms with van der Waals surface area (Å²) < 4.78 is 5.33. The maximum absolute atomic E-state index is 12.5. The van der Waals surface area contributed by atoms with Crippen molar-refractivity contribution in [3.63, 3.8) is 0 Å². The molecular formula is C15H20N2O2S. The van der Waals surface area contributed by atoms with Crippen LogP contribution < -0.4 is 5.73 Å². The molecule has 0 aliphatic carbocycles. The highest BCUT2D eigenvalue weighted by atomic mass is 32.1. The number of carbonyl (C=O) groups excluding carboxylic acids is 1. The molecule has 0 bridgehead atoms. The summed E-state index contributed by atoms with van der Waals surface area (Å²) in [6, 6.07) is 1.93. The van der Waals surface area contributed by atoms with Crippen LogP contribution in [0.15, 0.2) is 6.07 Å². The highest BCUT2D eigenvalue weighted by Crippen LogP contribution is 2.24. The molecule has 0 saturated carbocycles. The van der Waals surface area contributed by atoms with Crippen LogP contribution in [0.4, 0.5) is 0 Å². The van der Waals surface area contributed by atoms with Crippen molar-refractivity contribution in [1.29, 1.82) is 0 Å². The molecule has 1 saturated heterocycles. The van der Waals surface area contributed by atoms with Crippen molar-refractivity contribution in [1.82, 2.24) is 4.90 Å². The first kappa shape index (κ1) is 15.0. The third-order valence-electron chi connectivity index (χ3n) is 3.50. The van der Waals surface area contributed by atoms with Gasteiger partial charge in [0.1, 0.15) is 0 Å². The second-order valence-corrected chi connectivity index (χ2v) is 5.91. The number of hydrogen-bond donors (Lipinski definition) is 1. The summed E-state index contributed by atoms with van der Waals surface area (Å²) in [6.45, 7) is 3.84. The molecule has 2 N–H and O–H groups in total. The SMILES string of the molecule is COC1CCN(C(=O)c2cc(C)c(C#CCN)s2)CC1. The van der Waals surface area contributed by atoms with Crippen molar-refractivity contribution >= 4 is 17.2 Å². The van der Waals surface area contributed by atoms with Crippen LogP contribution in [0.25, 0.3) is 0 Å². The van der Waals surface area contributed by atoms with Crippen LogP contribution >= 0.6 is 11.3 Å². The molecule has 1 aromatic heterocycles. The van der Waals surface area contributed by atoms with E-state index in [1.807, 2.05) is 17.9 Å². The summed E-state index contributed by atoms with van der Waals surface area (Å²) in [6.07, 6.45) is 2.11. The van der Waals surface area contributed by atoms with Gasteiger partial charge < -0.3 is 15.4 Å². The smallest absolute Gasteiger partial charge is 0.263 e. The van der Waals surface area contributed by atoms with E-state index in [0.29, 0.717) is 6.54 Å². The van der Waals surface area contributed by atoms with E-state index in [9.17, 15) is 4.79 Å². The molecule has 1 amide bonds. The minimum atomic E-state index is 0.105. The number of ether oxygens (including phenoxy) is 1. The molecule has 4 nitrogen and oxygen atoms in total. The largest absolute Gasteiger partial charge is 0.381 e. The summed E-state index contributed by atoms with van der Waals surface area (Å²) in [4.78, 5) is 16.1. The van der Waals surface area contributed by atoms with Gasteiger partial charge in [-0.2, -0.15) is 0 Å². The molecule has 0 radical (unpaired) electrons. The van der Waals surface area contributed by atoms with Gasteiger partial charge in [-0.3, -0.25) is 4.79 Å². The second-order valence-electron chi connectivity index (χ2n) is 4.86. The molecule has 1 aliphatic heterocycles. The molecule has 0 aromatic carbocycles. The predicted octanol–water partition coefficient (Wildman–Crippen LogP) is 1.62. The van der Waals surface area contributed by atoms with Crippen molar-refractivity contribution < 1.29 is 9.53 Å². The van der Waals surface area contributed by atoms with E-state index in [-0.39, 0.29) is 12.0 Å². The van der Waals surface area contributed by atoms with Gasteiger partial charge in [0.15, 0.2) is 0 Å². The number of rotatable bonds is 2. The zero-order valence-corrected chi connectivity index (χ0v) is 12.8. The Morgan fingerprint density at radius 1 is 1.55 bits per heavy atom. The van der Waals surface area contributed by atoms with Gasteiger partial charge in [-0.1, -0.05) is 11.8 Å². The monoisotopic (exact) mass is 292 g/mol. The van der Waals surface area contributed by atoms with Crippen molar-refractivity contribution in [2.24, 2.45) is 5.73 Å². The Morgan fingerprint density at radius 3 is 2.85 bits per heavy atom. The first-order chi connectivity index (χ1) is 9.65. The molecule has 108 valence electrons. The van der Waals surface area contributed by atoms with Crippen LogP contribution in [0.5, 0.6) is 0 Å². The van der Waals surface area contributed by atoms with E-state index < -0.39 is 0 Å². The van der Waals surface area contributed by atoms with Crippen LogP contribution in [0, 0.1) is 18.8 Å². The van der Waals surface area contributed by atoms with E-state index >= 15 is 0 Å². The highest BCUT2D eigenvalue weighted by Gasteiger charge is 2.24. The zero-order chi connectivity index (χ0) is 14.5. The lowest BCUT2D eigenvalue weighted by Crippen LogP contribution is -2.40. The lowest BCUT2D eigenvalue weighted by Gasteiger charge is -2.30. The van der Waals surface area contributed by atoms with Crippen molar-refractivity contribution in [3.8, 4) is 11.8 Å². The number of likely N-dealkylation sites (tertiary alicyclic amines) is 1. The van der Waals surface area contributed by atoms with E-state index in [4.69, 9.17) is 10.5 Å². The van der Waals surface area contributed by atoms with E-state index in [1.165, 1.54) is 11.3 Å². The lowest BCUT2D eigenvalue weighted by atomic mass is 10.1. The number of piperidine rings is 1. The fraction of sp³-hybridized carbons (Fsp3) is 0.533. The summed E-state index contributed by atoms with van der Waals surface area (Å²) in [5, 5.41) is 0. The molecule has 1 aliphatic rings. The van der Waals surface area contributed by atoms with Crippen molar-refractivity contribution in [2.45, 2.75) is 25.9 Å².